The predicted molar refractivity (Wildman–Crippen MR) is 239 cm³/mol. The molecule has 2 aromatic rings. The first-order chi connectivity index (χ1) is 31.0. The lowest BCUT2D eigenvalue weighted by Crippen LogP contribution is -2.82. The number of esters is 4. The Morgan fingerprint density at radius 2 is 1.45 bits per heavy atom. The molecule has 1 unspecified atom stereocenters. The molecule has 11 atom stereocenters. The molecule has 3 aliphatic carbocycles. The third kappa shape index (κ3) is 8.57. The molecule has 4 aliphatic rings. The van der Waals surface area contributed by atoms with Crippen LogP contribution in [0.1, 0.15) is 104 Å². The maximum absolute atomic E-state index is 15.7. The number of ketones is 2. The van der Waals surface area contributed by atoms with Gasteiger partial charge in [0.15, 0.2) is 31.9 Å². The van der Waals surface area contributed by atoms with Crippen LogP contribution in [0.3, 0.4) is 0 Å². The second-order valence-corrected chi connectivity index (χ2v) is 23.6. The van der Waals surface area contributed by atoms with Crippen molar-refractivity contribution in [2.45, 2.75) is 154 Å². The van der Waals surface area contributed by atoms with E-state index in [0.717, 1.165) is 20.8 Å². The molecule has 1 heterocycles. The van der Waals surface area contributed by atoms with Gasteiger partial charge in [-0.15, -0.1) is 0 Å². The third-order valence-corrected chi connectivity index (χ3v) is 19.7. The fourth-order valence-corrected chi connectivity index (χ4v) is 13.8. The topological polar surface area (TPSA) is 227 Å². The van der Waals surface area contributed by atoms with Crippen molar-refractivity contribution in [3.63, 3.8) is 0 Å². The normalized spacial score (nSPS) is 30.9. The van der Waals surface area contributed by atoms with Crippen LogP contribution in [0.2, 0.25) is 18.1 Å². The summed E-state index contributed by atoms with van der Waals surface area (Å²) in [6, 6.07) is 16.9. The van der Waals surface area contributed by atoms with E-state index in [2.05, 4.69) is 5.32 Å². The predicted octanol–water partition coefficient (Wildman–Crippen LogP) is 5.04. The van der Waals surface area contributed by atoms with Gasteiger partial charge in [-0.05, 0) is 60.8 Å². The van der Waals surface area contributed by atoms with Crippen LogP contribution in [0.15, 0.2) is 71.8 Å². The van der Waals surface area contributed by atoms with Gasteiger partial charge >= 0.3 is 23.9 Å². The van der Waals surface area contributed by atoms with Gasteiger partial charge in [0.05, 0.1) is 35.6 Å². The summed E-state index contributed by atoms with van der Waals surface area (Å²) in [6.07, 6.45) is -9.97. The van der Waals surface area contributed by atoms with Gasteiger partial charge in [-0.1, -0.05) is 83.1 Å². The smallest absolute Gasteiger partial charge is 0.338 e. The van der Waals surface area contributed by atoms with Gasteiger partial charge < -0.3 is 43.6 Å². The van der Waals surface area contributed by atoms with Crippen LogP contribution in [0, 0.1) is 16.7 Å². The fraction of sp³-hybridized carbons (Fsp3) is 0.571. The van der Waals surface area contributed by atoms with E-state index in [4.69, 9.17) is 28.1 Å². The number of hydrogen-bond donors (Lipinski definition) is 3. The molecule has 3 N–H and O–H groups in total. The summed E-state index contributed by atoms with van der Waals surface area (Å²) >= 11 is 0. The third-order valence-electron chi connectivity index (χ3n) is 15.1. The second-order valence-electron chi connectivity index (χ2n) is 18.9. The van der Waals surface area contributed by atoms with Crippen molar-refractivity contribution in [3.05, 3.63) is 82.9 Å². The molecule has 1 aliphatic heterocycles. The minimum atomic E-state index is -2.77. The van der Waals surface area contributed by atoms with Crippen molar-refractivity contribution in [1.29, 1.82) is 0 Å². The zero-order chi connectivity index (χ0) is 48.7. The van der Waals surface area contributed by atoms with E-state index in [1.807, 2.05) is 20.8 Å². The summed E-state index contributed by atoms with van der Waals surface area (Å²) in [5.74, 6) is -7.75. The quantitative estimate of drug-likeness (QED) is 0.0699. The molecule has 3 fully saturated rings. The van der Waals surface area contributed by atoms with E-state index in [1.165, 1.54) is 19.1 Å². The number of aliphatic hydroxyl groups excluding tert-OH is 1. The van der Waals surface area contributed by atoms with E-state index in [1.54, 1.807) is 69.3 Å². The van der Waals surface area contributed by atoms with Gasteiger partial charge in [0.1, 0.15) is 23.9 Å². The molecule has 2 bridgehead atoms. The Balaban J connectivity index is 1.61. The van der Waals surface area contributed by atoms with E-state index in [9.17, 15) is 34.2 Å². The first-order valence-corrected chi connectivity index (χ1v) is 25.2. The lowest BCUT2D eigenvalue weighted by molar-refractivity contribution is -0.346. The Morgan fingerprint density at radius 1 is 0.864 bits per heavy atom. The number of fused-ring (bicyclic) bond motifs is 5. The highest BCUT2D eigenvalue weighted by Gasteiger charge is 2.78. The highest BCUT2D eigenvalue weighted by molar-refractivity contribution is 6.73. The molecule has 2 saturated carbocycles. The van der Waals surface area contributed by atoms with Crippen molar-refractivity contribution >= 4 is 49.7 Å². The van der Waals surface area contributed by atoms with Crippen LogP contribution >= 0.6 is 0 Å². The van der Waals surface area contributed by atoms with Crippen molar-refractivity contribution in [2.24, 2.45) is 16.7 Å². The molecule has 0 radical (unpaired) electrons. The van der Waals surface area contributed by atoms with Gasteiger partial charge in [-0.2, -0.15) is 0 Å². The first-order valence-electron chi connectivity index (χ1n) is 22.6. The van der Waals surface area contributed by atoms with Crippen molar-refractivity contribution < 1.29 is 71.9 Å². The summed E-state index contributed by atoms with van der Waals surface area (Å²) in [7, 11) is -2.77. The second kappa shape index (κ2) is 18.9. The summed E-state index contributed by atoms with van der Waals surface area (Å²) < 4.78 is 37.9. The highest BCUT2D eigenvalue weighted by atomic mass is 28.4. The fourth-order valence-electron chi connectivity index (χ4n) is 11.0. The summed E-state index contributed by atoms with van der Waals surface area (Å²) in [5, 5.41) is 28.8. The number of carbonyl (C=O) groups excluding carboxylic acids is 7. The molecular weight excluding hydrogens is 871 g/mol. The zero-order valence-corrected chi connectivity index (χ0v) is 40.3. The molecule has 358 valence electrons. The Morgan fingerprint density at radius 3 is 1.97 bits per heavy atom. The lowest BCUT2D eigenvalue weighted by atomic mass is 9.44. The van der Waals surface area contributed by atoms with E-state index in [-0.39, 0.29) is 29.7 Å². The summed E-state index contributed by atoms with van der Waals surface area (Å²) in [5.41, 5.74) is -7.14. The largest absolute Gasteiger partial charge is 0.456 e. The molecule has 17 heteroatoms. The molecule has 16 nitrogen and oxygen atoms in total. The summed E-state index contributed by atoms with van der Waals surface area (Å²) in [6.45, 7) is 15.1. The molecule has 0 aromatic heterocycles. The van der Waals surface area contributed by atoms with Crippen LogP contribution in [0.4, 0.5) is 0 Å². The van der Waals surface area contributed by atoms with Crippen LogP contribution in [0.5, 0.6) is 0 Å². The molecule has 2 aromatic carbocycles. The maximum atomic E-state index is 15.7. The standard InChI is InChI=1S/C49H63NO15Si/c1-11-66(12-2,13-3)65-39(37(50-43(56)28(5)51)31-20-16-14-17-21-31)45(58)62-33-25-49(59)42(63-44(57)32-22-18-15-19-23-32)40-47(10,34(54)24-35-48(40,26-60-35)64-30(7)53)41(55)38(61-29(6)52)36(27(33)4)46(49,8)9/h14-23,33-35,37-40,42,54,59H,11-13,24-26H2,1-10H3,(H,50,56)/t33-,34-,35+,37-,38+,39+,40?,42-,47+,48-,49+/m0/s1. The van der Waals surface area contributed by atoms with Crippen molar-refractivity contribution in [1.82, 2.24) is 5.32 Å². The van der Waals surface area contributed by atoms with Crippen LogP contribution in [-0.2, 0) is 56.9 Å². The Bertz CT molecular complexity index is 2250. The molecule has 1 amide bonds. The van der Waals surface area contributed by atoms with Crippen molar-refractivity contribution in [2.75, 3.05) is 6.61 Å². The van der Waals surface area contributed by atoms with Gasteiger partial charge in [-0.3, -0.25) is 24.0 Å². The van der Waals surface area contributed by atoms with E-state index < -0.39 is 127 Å². The number of nitrogens with one attached hydrogen (secondary N) is 1. The van der Waals surface area contributed by atoms with Crippen LogP contribution in [-0.4, -0.2) is 114 Å². The summed E-state index contributed by atoms with van der Waals surface area (Å²) in [4.78, 5) is 97.2. The molecule has 6 rings (SSSR count). The average molecular weight is 934 g/mol. The minimum absolute atomic E-state index is 0.0248. The molecular formula is C49H63NO15Si. The van der Waals surface area contributed by atoms with Crippen LogP contribution < -0.4 is 5.32 Å². The van der Waals surface area contributed by atoms with Gasteiger partial charge in [0.25, 0.3) is 5.91 Å². The Kier molecular flexibility index (Phi) is 14.4. The van der Waals surface area contributed by atoms with Gasteiger partial charge in [-0.25, -0.2) is 9.59 Å². The number of rotatable bonds is 15. The number of carbonyl (C=O) groups is 7. The number of benzene rings is 2. The van der Waals surface area contributed by atoms with E-state index in [0.29, 0.717) is 23.7 Å². The highest BCUT2D eigenvalue weighted by Crippen LogP contribution is 2.64. The van der Waals surface area contributed by atoms with Gasteiger partial charge in [0, 0.05) is 39.0 Å². The Hall–Kier alpha value is -5.07. The number of ether oxygens (including phenoxy) is 5. The lowest BCUT2D eigenvalue weighted by Gasteiger charge is -2.67. The number of Topliss-reactive ketones (excluding diaryl/α,β-unsaturated/α-hetero) is 2. The minimum Gasteiger partial charge on any atom is -0.456 e. The maximum Gasteiger partial charge on any atom is 0.338 e. The van der Waals surface area contributed by atoms with Crippen LogP contribution in [0.25, 0.3) is 0 Å². The molecule has 66 heavy (non-hydrogen) atoms. The van der Waals surface area contributed by atoms with Crippen molar-refractivity contribution in [3.8, 4) is 0 Å². The number of aliphatic hydroxyl groups is 2. The zero-order valence-electron chi connectivity index (χ0n) is 39.3. The monoisotopic (exact) mass is 933 g/mol. The average Bonchev–Trinajstić information content (AvgIpc) is 3.27. The molecule has 0 spiro atoms. The van der Waals surface area contributed by atoms with Gasteiger partial charge in [0.2, 0.25) is 5.78 Å². The van der Waals surface area contributed by atoms with E-state index >= 15 is 9.59 Å². The molecule has 1 saturated heterocycles. The Labute approximate surface area is 386 Å². The first kappa shape index (κ1) is 50.3. The number of amides is 1. The SMILES string of the molecule is CC[Si](CC)(CC)O[C@@H](C(=O)O[C@H]1C[C@@]2(O)[C@@H](OC(=O)c3ccccc3)C3[C@](C)(C(=O)[C@H](OC(C)=O)C(=C1C)C2(C)C)[C@@H](O)C[C@H]1OC[C@@]31OC(C)=O)[C@@H](NC(=O)C(C)=O)c1ccccc1. The number of hydrogen-bond acceptors (Lipinski definition) is 15.